The summed E-state index contributed by atoms with van der Waals surface area (Å²) >= 11 is 0. The van der Waals surface area contributed by atoms with E-state index in [1.807, 2.05) is 31.4 Å². The van der Waals surface area contributed by atoms with Crippen LogP contribution in [0, 0.1) is 0 Å². The first-order chi connectivity index (χ1) is 11.2. The van der Waals surface area contributed by atoms with Crippen molar-refractivity contribution in [1.82, 2.24) is 15.2 Å². The molecule has 0 radical (unpaired) electrons. The molecular formula is C19H25IN4. The van der Waals surface area contributed by atoms with Gasteiger partial charge in [0, 0.05) is 31.7 Å². The van der Waals surface area contributed by atoms with Crippen LogP contribution in [0.25, 0.3) is 0 Å². The number of benzene rings is 1. The lowest BCUT2D eigenvalue weighted by molar-refractivity contribution is 0.438. The zero-order chi connectivity index (χ0) is 16.1. The first kappa shape index (κ1) is 18.7. The summed E-state index contributed by atoms with van der Waals surface area (Å²) in [5.74, 6) is 0.954. The predicted molar refractivity (Wildman–Crippen MR) is 110 cm³/mol. The number of aromatic nitrogens is 1. The van der Waals surface area contributed by atoms with Gasteiger partial charge in [-0.15, -0.1) is 24.0 Å². The number of nitrogens with zero attached hydrogens (tertiary/aromatic N) is 3. The van der Waals surface area contributed by atoms with Crippen molar-refractivity contribution in [1.29, 1.82) is 0 Å². The van der Waals surface area contributed by atoms with E-state index in [1.54, 1.807) is 0 Å². The molecule has 24 heavy (non-hydrogen) atoms. The Labute approximate surface area is 161 Å². The molecule has 0 aliphatic carbocycles. The van der Waals surface area contributed by atoms with Crippen molar-refractivity contribution in [3.8, 4) is 0 Å². The molecule has 128 valence electrons. The van der Waals surface area contributed by atoms with Gasteiger partial charge in [0.15, 0.2) is 5.96 Å². The first-order valence-electron chi connectivity index (χ1n) is 8.12. The molecule has 1 saturated heterocycles. The Morgan fingerprint density at radius 3 is 2.62 bits per heavy atom. The fourth-order valence-corrected chi connectivity index (χ4v) is 3.22. The highest BCUT2D eigenvalue weighted by molar-refractivity contribution is 14.0. The van der Waals surface area contributed by atoms with Gasteiger partial charge in [0.1, 0.15) is 0 Å². The molecule has 1 atom stereocenters. The van der Waals surface area contributed by atoms with Crippen molar-refractivity contribution in [2.75, 3.05) is 20.1 Å². The van der Waals surface area contributed by atoms with E-state index in [0.29, 0.717) is 6.54 Å². The van der Waals surface area contributed by atoms with Gasteiger partial charge in [0.2, 0.25) is 0 Å². The van der Waals surface area contributed by atoms with Crippen molar-refractivity contribution < 1.29 is 0 Å². The van der Waals surface area contributed by atoms with Crippen molar-refractivity contribution in [2.45, 2.75) is 25.3 Å². The molecule has 1 N–H and O–H groups in total. The third-order valence-corrected chi connectivity index (χ3v) is 4.61. The van der Waals surface area contributed by atoms with Crippen LogP contribution in [-0.4, -0.2) is 36.0 Å². The predicted octanol–water partition coefficient (Wildman–Crippen LogP) is 3.44. The van der Waals surface area contributed by atoms with Gasteiger partial charge in [0.05, 0.1) is 12.2 Å². The topological polar surface area (TPSA) is 40.5 Å². The summed E-state index contributed by atoms with van der Waals surface area (Å²) in [6.07, 6.45) is 2.96. The fourth-order valence-electron chi connectivity index (χ4n) is 3.22. The highest BCUT2D eigenvalue weighted by atomic mass is 127. The number of hydrogen-bond acceptors (Lipinski definition) is 2. The average molecular weight is 436 g/mol. The van der Waals surface area contributed by atoms with Gasteiger partial charge in [-0.3, -0.25) is 9.98 Å². The molecule has 0 amide bonds. The minimum absolute atomic E-state index is 0. The fraction of sp³-hybridized carbons (Fsp3) is 0.368. The summed E-state index contributed by atoms with van der Waals surface area (Å²) < 4.78 is 0. The van der Waals surface area contributed by atoms with Gasteiger partial charge in [0.25, 0.3) is 0 Å². The van der Waals surface area contributed by atoms with E-state index in [1.165, 1.54) is 5.56 Å². The second kappa shape index (κ2) is 8.46. The molecule has 0 bridgehead atoms. The second-order valence-electron chi connectivity index (χ2n) is 6.32. The Hall–Kier alpha value is -1.63. The lowest BCUT2D eigenvalue weighted by Crippen LogP contribution is -2.41. The van der Waals surface area contributed by atoms with E-state index < -0.39 is 0 Å². The number of guanidine groups is 1. The number of halogens is 1. The summed E-state index contributed by atoms with van der Waals surface area (Å²) in [6.45, 7) is 5.05. The van der Waals surface area contributed by atoms with Gasteiger partial charge < -0.3 is 10.2 Å². The van der Waals surface area contributed by atoms with Crippen LogP contribution in [0.3, 0.4) is 0 Å². The Morgan fingerprint density at radius 1 is 1.21 bits per heavy atom. The van der Waals surface area contributed by atoms with Gasteiger partial charge in [-0.2, -0.15) is 0 Å². The number of rotatable bonds is 3. The van der Waals surface area contributed by atoms with Crippen LogP contribution in [0.2, 0.25) is 0 Å². The van der Waals surface area contributed by atoms with Gasteiger partial charge in [-0.25, -0.2) is 0 Å². The van der Waals surface area contributed by atoms with Crippen LogP contribution >= 0.6 is 24.0 Å². The van der Waals surface area contributed by atoms with E-state index in [9.17, 15) is 0 Å². The average Bonchev–Trinajstić information content (AvgIpc) is 3.01. The quantitative estimate of drug-likeness (QED) is 0.456. The number of pyridine rings is 1. The molecule has 2 aromatic rings. The zero-order valence-corrected chi connectivity index (χ0v) is 16.6. The number of likely N-dealkylation sites (tertiary alicyclic amines) is 1. The molecule has 1 fully saturated rings. The molecule has 5 heteroatoms. The number of nitrogens with one attached hydrogen (secondary N) is 1. The largest absolute Gasteiger partial charge is 0.351 e. The molecule has 1 aliphatic heterocycles. The maximum atomic E-state index is 4.45. The van der Waals surface area contributed by atoms with Crippen LogP contribution in [0.1, 0.15) is 24.6 Å². The molecule has 2 heterocycles. The maximum absolute atomic E-state index is 4.45. The summed E-state index contributed by atoms with van der Waals surface area (Å²) in [5, 5.41) is 3.43. The molecule has 4 nitrogen and oxygen atoms in total. The van der Waals surface area contributed by atoms with Crippen molar-refractivity contribution >= 4 is 29.9 Å². The van der Waals surface area contributed by atoms with E-state index in [4.69, 9.17) is 0 Å². The molecule has 0 spiro atoms. The molecule has 0 saturated carbocycles. The number of hydrogen-bond donors (Lipinski definition) is 1. The Kier molecular flexibility index (Phi) is 6.60. The summed E-state index contributed by atoms with van der Waals surface area (Å²) in [7, 11) is 1.85. The van der Waals surface area contributed by atoms with Gasteiger partial charge in [-0.05, 0) is 24.1 Å². The van der Waals surface area contributed by atoms with Crippen LogP contribution in [0.15, 0.2) is 59.7 Å². The van der Waals surface area contributed by atoms with Crippen molar-refractivity contribution in [3.63, 3.8) is 0 Å². The monoisotopic (exact) mass is 436 g/mol. The van der Waals surface area contributed by atoms with Gasteiger partial charge >= 0.3 is 0 Å². The minimum atomic E-state index is 0. The highest BCUT2D eigenvalue weighted by Gasteiger charge is 2.36. The lowest BCUT2D eigenvalue weighted by Gasteiger charge is -2.27. The Balaban J connectivity index is 0.00000208. The summed E-state index contributed by atoms with van der Waals surface area (Å²) in [4.78, 5) is 11.1. The van der Waals surface area contributed by atoms with E-state index in [-0.39, 0.29) is 29.4 Å². The Bertz CT molecular complexity index is 660. The second-order valence-corrected chi connectivity index (χ2v) is 6.32. The molecule has 3 rings (SSSR count). The summed E-state index contributed by atoms with van der Waals surface area (Å²) in [6, 6.07) is 16.8. The number of aliphatic imine (C=N–C) groups is 1. The molecule has 1 aliphatic rings. The first-order valence-corrected chi connectivity index (χ1v) is 8.12. The SMILES string of the molecule is CN=C(NCc1ccccn1)N1CCC(C)(c2ccccc2)C1.I. The summed E-state index contributed by atoms with van der Waals surface area (Å²) in [5.41, 5.74) is 2.62. The van der Waals surface area contributed by atoms with Crippen molar-refractivity contribution in [2.24, 2.45) is 4.99 Å². The smallest absolute Gasteiger partial charge is 0.193 e. The van der Waals surface area contributed by atoms with E-state index >= 15 is 0 Å². The standard InChI is InChI=1S/C19H24N4.HI/c1-19(16-8-4-3-5-9-16)11-13-23(15-19)18(20-2)22-14-17-10-6-7-12-21-17;/h3-10,12H,11,13-15H2,1-2H3,(H,20,22);1H. The van der Waals surface area contributed by atoms with E-state index in [2.05, 4.69) is 57.4 Å². The normalized spacial score (nSPS) is 20.6. The molecular weight excluding hydrogens is 411 g/mol. The molecule has 1 aromatic carbocycles. The third-order valence-electron chi connectivity index (χ3n) is 4.61. The molecule has 1 unspecified atom stereocenters. The van der Waals surface area contributed by atoms with Crippen LogP contribution in [0.5, 0.6) is 0 Å². The van der Waals surface area contributed by atoms with E-state index in [0.717, 1.165) is 31.2 Å². The maximum Gasteiger partial charge on any atom is 0.193 e. The molecule has 1 aromatic heterocycles. The lowest BCUT2D eigenvalue weighted by atomic mass is 9.82. The Morgan fingerprint density at radius 2 is 1.96 bits per heavy atom. The van der Waals surface area contributed by atoms with Crippen LogP contribution in [-0.2, 0) is 12.0 Å². The van der Waals surface area contributed by atoms with Crippen LogP contribution < -0.4 is 5.32 Å². The minimum Gasteiger partial charge on any atom is -0.351 e. The third kappa shape index (κ3) is 4.26. The highest BCUT2D eigenvalue weighted by Crippen LogP contribution is 2.33. The van der Waals surface area contributed by atoms with Gasteiger partial charge in [-0.1, -0.05) is 43.3 Å². The van der Waals surface area contributed by atoms with Crippen LogP contribution in [0.4, 0.5) is 0 Å². The zero-order valence-electron chi connectivity index (χ0n) is 14.3. The van der Waals surface area contributed by atoms with Crippen molar-refractivity contribution in [3.05, 3.63) is 66.0 Å².